The molecule has 2 nitrogen and oxygen atoms in total. The van der Waals surface area contributed by atoms with Crippen LogP contribution in [0, 0.1) is 0 Å². The van der Waals surface area contributed by atoms with Gasteiger partial charge in [-0.05, 0) is 42.7 Å². The van der Waals surface area contributed by atoms with Gasteiger partial charge in [0.25, 0.3) is 0 Å². The molecule has 0 amide bonds. The molecule has 0 radical (unpaired) electrons. The van der Waals surface area contributed by atoms with Gasteiger partial charge in [-0.3, -0.25) is 0 Å². The molecule has 38 heavy (non-hydrogen) atoms. The van der Waals surface area contributed by atoms with Crippen LogP contribution in [0.15, 0.2) is 48.5 Å². The van der Waals surface area contributed by atoms with Crippen LogP contribution < -0.4 is 4.74 Å². The Balaban J connectivity index is 1.31. The molecule has 1 N–H and O–H groups in total. The molecule has 0 fully saturated rings. The van der Waals surface area contributed by atoms with Crippen molar-refractivity contribution < 1.29 is 9.84 Å². The predicted molar refractivity (Wildman–Crippen MR) is 166 cm³/mol. The summed E-state index contributed by atoms with van der Waals surface area (Å²) in [6, 6.07) is 15.4. The third kappa shape index (κ3) is 16.8. The lowest BCUT2D eigenvalue weighted by atomic mass is 10.0. The highest BCUT2D eigenvalue weighted by molar-refractivity contribution is 5.44. The SMILES string of the molecule is CCCCCCCCCCCCCCCCCCCCCCCCc1ccc(Oc2ccccc2)c(O)c1. The summed E-state index contributed by atoms with van der Waals surface area (Å²) < 4.78 is 5.77. The zero-order valence-corrected chi connectivity index (χ0v) is 24.7. The molecule has 0 aliphatic heterocycles. The van der Waals surface area contributed by atoms with E-state index in [-0.39, 0.29) is 5.75 Å². The number of rotatable bonds is 25. The van der Waals surface area contributed by atoms with Gasteiger partial charge in [0.05, 0.1) is 0 Å². The summed E-state index contributed by atoms with van der Waals surface area (Å²) in [4.78, 5) is 0. The second-order valence-electron chi connectivity index (χ2n) is 11.4. The van der Waals surface area contributed by atoms with Crippen molar-refractivity contribution in [1.82, 2.24) is 0 Å². The van der Waals surface area contributed by atoms with Gasteiger partial charge in [-0.2, -0.15) is 0 Å². The summed E-state index contributed by atoms with van der Waals surface area (Å²) in [6.45, 7) is 2.30. The molecule has 0 aromatic heterocycles. The molecule has 0 saturated heterocycles. The smallest absolute Gasteiger partial charge is 0.169 e. The molecule has 2 aromatic carbocycles. The number of hydrogen-bond donors (Lipinski definition) is 1. The van der Waals surface area contributed by atoms with E-state index in [1.807, 2.05) is 42.5 Å². The van der Waals surface area contributed by atoms with Gasteiger partial charge in [-0.15, -0.1) is 0 Å². The molecule has 2 rings (SSSR count). The molecule has 0 spiro atoms. The van der Waals surface area contributed by atoms with Crippen LogP contribution in [0.2, 0.25) is 0 Å². The van der Waals surface area contributed by atoms with Crippen molar-refractivity contribution in [3.63, 3.8) is 0 Å². The molecule has 0 atom stereocenters. The fourth-order valence-electron chi connectivity index (χ4n) is 5.36. The van der Waals surface area contributed by atoms with Crippen molar-refractivity contribution in [1.29, 1.82) is 0 Å². The standard InChI is InChI=1S/C36H58O2/c1-2-3-4-5-6-7-8-9-10-11-12-13-14-15-16-17-18-19-20-21-22-24-27-33-30-31-36(35(37)32-33)38-34-28-25-23-26-29-34/h23,25-26,28-32,37H,2-22,24,27H2,1H3. The highest BCUT2D eigenvalue weighted by Crippen LogP contribution is 2.31. The van der Waals surface area contributed by atoms with Gasteiger partial charge in [-0.25, -0.2) is 0 Å². The maximum atomic E-state index is 10.3. The van der Waals surface area contributed by atoms with Crippen molar-refractivity contribution in [2.75, 3.05) is 0 Å². The number of para-hydroxylation sites is 1. The Bertz CT molecular complexity index is 785. The van der Waals surface area contributed by atoms with E-state index in [1.54, 1.807) is 0 Å². The Labute approximate surface area is 235 Å². The number of phenols is 1. The topological polar surface area (TPSA) is 29.5 Å². The number of ether oxygens (including phenoxy) is 1. The molecule has 0 heterocycles. The lowest BCUT2D eigenvalue weighted by Gasteiger charge is -2.09. The minimum absolute atomic E-state index is 0.227. The lowest BCUT2D eigenvalue weighted by Crippen LogP contribution is -1.89. The van der Waals surface area contributed by atoms with Gasteiger partial charge in [0.1, 0.15) is 5.75 Å². The van der Waals surface area contributed by atoms with Crippen molar-refractivity contribution in [2.24, 2.45) is 0 Å². The summed E-state index contributed by atoms with van der Waals surface area (Å²) in [5.74, 6) is 1.49. The second kappa shape index (κ2) is 23.0. The maximum absolute atomic E-state index is 10.3. The molecule has 2 aromatic rings. The summed E-state index contributed by atoms with van der Waals surface area (Å²) in [6.07, 6.45) is 32.2. The first-order chi connectivity index (χ1) is 18.8. The average molecular weight is 523 g/mol. The van der Waals surface area contributed by atoms with E-state index in [4.69, 9.17) is 4.74 Å². The first kappa shape index (κ1) is 32.3. The molecule has 214 valence electrons. The average Bonchev–Trinajstić information content (AvgIpc) is 2.93. The van der Waals surface area contributed by atoms with Gasteiger partial charge < -0.3 is 9.84 Å². The van der Waals surface area contributed by atoms with Gasteiger partial charge >= 0.3 is 0 Å². The number of hydrogen-bond acceptors (Lipinski definition) is 2. The van der Waals surface area contributed by atoms with Crippen LogP contribution >= 0.6 is 0 Å². The lowest BCUT2D eigenvalue weighted by molar-refractivity contribution is 0.410. The number of aromatic hydroxyl groups is 1. The zero-order chi connectivity index (χ0) is 26.9. The summed E-state index contributed by atoms with van der Waals surface area (Å²) in [5, 5.41) is 10.3. The van der Waals surface area contributed by atoms with E-state index < -0.39 is 0 Å². The fraction of sp³-hybridized carbons (Fsp3) is 0.667. The highest BCUT2D eigenvalue weighted by Gasteiger charge is 2.05. The van der Waals surface area contributed by atoms with Gasteiger partial charge in [-0.1, -0.05) is 166 Å². The summed E-state index contributed by atoms with van der Waals surface area (Å²) in [5.41, 5.74) is 1.19. The molecular weight excluding hydrogens is 464 g/mol. The third-order valence-electron chi connectivity index (χ3n) is 7.81. The largest absolute Gasteiger partial charge is 0.504 e. The van der Waals surface area contributed by atoms with Crippen LogP contribution in [-0.2, 0) is 6.42 Å². The van der Waals surface area contributed by atoms with Crippen LogP contribution in [0.4, 0.5) is 0 Å². The van der Waals surface area contributed by atoms with Crippen molar-refractivity contribution in [3.8, 4) is 17.2 Å². The molecule has 0 aliphatic rings. The van der Waals surface area contributed by atoms with Crippen LogP contribution in [0.3, 0.4) is 0 Å². The minimum atomic E-state index is 0.227. The van der Waals surface area contributed by atoms with Crippen LogP contribution in [0.5, 0.6) is 17.2 Å². The van der Waals surface area contributed by atoms with Gasteiger partial charge in [0.15, 0.2) is 11.5 Å². The number of unbranched alkanes of at least 4 members (excludes halogenated alkanes) is 21. The quantitative estimate of drug-likeness (QED) is 0.131. The Morgan fingerprint density at radius 1 is 0.500 bits per heavy atom. The molecule has 2 heteroatoms. The maximum Gasteiger partial charge on any atom is 0.169 e. The molecule has 0 saturated carbocycles. The van der Waals surface area contributed by atoms with Gasteiger partial charge in [0, 0.05) is 0 Å². The van der Waals surface area contributed by atoms with E-state index in [0.717, 1.165) is 12.2 Å². The van der Waals surface area contributed by atoms with Crippen molar-refractivity contribution in [2.45, 2.75) is 155 Å². The van der Waals surface area contributed by atoms with Gasteiger partial charge in [0.2, 0.25) is 0 Å². The third-order valence-corrected chi connectivity index (χ3v) is 7.81. The van der Waals surface area contributed by atoms with E-state index >= 15 is 0 Å². The zero-order valence-electron chi connectivity index (χ0n) is 24.7. The number of benzene rings is 2. The first-order valence-electron chi connectivity index (χ1n) is 16.3. The van der Waals surface area contributed by atoms with E-state index in [9.17, 15) is 5.11 Å². The fourth-order valence-corrected chi connectivity index (χ4v) is 5.36. The summed E-state index contributed by atoms with van der Waals surface area (Å²) >= 11 is 0. The molecular formula is C36H58O2. The van der Waals surface area contributed by atoms with E-state index in [1.165, 1.54) is 147 Å². The Morgan fingerprint density at radius 3 is 1.34 bits per heavy atom. The number of aryl methyl sites for hydroxylation is 1. The predicted octanol–water partition coefficient (Wildman–Crippen LogP) is 12.3. The Hall–Kier alpha value is -1.96. The molecule has 0 unspecified atom stereocenters. The number of phenolic OH excluding ortho intramolecular Hbond substituents is 1. The molecule has 0 bridgehead atoms. The normalized spacial score (nSPS) is 11.2. The Morgan fingerprint density at radius 2 is 0.921 bits per heavy atom. The van der Waals surface area contributed by atoms with Crippen LogP contribution in [0.25, 0.3) is 0 Å². The van der Waals surface area contributed by atoms with E-state index in [2.05, 4.69) is 13.0 Å². The van der Waals surface area contributed by atoms with Crippen LogP contribution in [0.1, 0.15) is 154 Å². The Kier molecular flexibility index (Phi) is 19.5. The second-order valence-corrected chi connectivity index (χ2v) is 11.4. The first-order valence-corrected chi connectivity index (χ1v) is 16.3. The highest BCUT2D eigenvalue weighted by atomic mass is 16.5. The summed E-state index contributed by atoms with van der Waals surface area (Å²) in [7, 11) is 0. The van der Waals surface area contributed by atoms with Crippen molar-refractivity contribution >= 4 is 0 Å². The van der Waals surface area contributed by atoms with E-state index in [0.29, 0.717) is 5.75 Å². The monoisotopic (exact) mass is 522 g/mol. The van der Waals surface area contributed by atoms with Crippen LogP contribution in [-0.4, -0.2) is 5.11 Å². The minimum Gasteiger partial charge on any atom is -0.504 e. The molecule has 0 aliphatic carbocycles. The van der Waals surface area contributed by atoms with Crippen molar-refractivity contribution in [3.05, 3.63) is 54.1 Å².